The third-order valence-corrected chi connectivity index (χ3v) is 3.64. The monoisotopic (exact) mass is 402 g/mol. The second-order valence-electron chi connectivity index (χ2n) is 5.12. The van der Waals surface area contributed by atoms with Crippen LogP contribution in [0, 0.1) is 0 Å². The number of halogens is 1. The van der Waals surface area contributed by atoms with Crippen LogP contribution < -0.4 is 14.9 Å². The van der Waals surface area contributed by atoms with E-state index in [1.807, 2.05) is 36.4 Å². The largest absolute Gasteiger partial charge is 0.490 e. The molecule has 1 atom stereocenters. The number of rotatable bonds is 8. The third-order valence-electron chi connectivity index (χ3n) is 3.11. The molecule has 0 spiro atoms. The quantitative estimate of drug-likeness (QED) is 0.413. The van der Waals surface area contributed by atoms with Crippen molar-refractivity contribution in [3.05, 3.63) is 71.2 Å². The Labute approximate surface area is 155 Å². The summed E-state index contributed by atoms with van der Waals surface area (Å²) in [4.78, 5) is 12.0. The van der Waals surface area contributed by atoms with E-state index in [-0.39, 0.29) is 5.91 Å². The minimum atomic E-state index is -0.666. The molecule has 1 N–H and O–H groups in total. The van der Waals surface area contributed by atoms with Crippen molar-refractivity contribution < 1.29 is 14.3 Å². The molecule has 2 rings (SSSR count). The number of ether oxygens (including phenoxy) is 2. The van der Waals surface area contributed by atoms with Crippen molar-refractivity contribution in [1.82, 2.24) is 5.43 Å². The van der Waals surface area contributed by atoms with Crippen LogP contribution in [0.15, 0.2) is 70.8 Å². The fourth-order valence-electron chi connectivity index (χ4n) is 1.87. The summed E-state index contributed by atoms with van der Waals surface area (Å²) < 4.78 is 12.0. The highest BCUT2D eigenvalue weighted by molar-refractivity contribution is 9.10. The van der Waals surface area contributed by atoms with Crippen LogP contribution >= 0.6 is 15.9 Å². The molecule has 1 amide bonds. The number of carbonyl (C=O) groups is 1. The molecule has 0 fully saturated rings. The standard InChI is InChI=1S/C19H19BrN2O3/c1-3-11-24-18-6-4-5-15(12-18)13-21-22-19(23)14(2)25-17-9-7-16(20)8-10-17/h3-10,12-14H,1,11H2,2H3,(H,22,23)/b21-13+. The highest BCUT2D eigenvalue weighted by atomic mass is 79.9. The number of hydrogen-bond acceptors (Lipinski definition) is 4. The van der Waals surface area contributed by atoms with E-state index >= 15 is 0 Å². The Kier molecular flexibility index (Phi) is 7.22. The van der Waals surface area contributed by atoms with E-state index in [1.165, 1.54) is 0 Å². The molecule has 0 aliphatic rings. The molecule has 2 aromatic rings. The molecule has 6 heteroatoms. The average molecular weight is 403 g/mol. The number of carbonyl (C=O) groups excluding carboxylic acids is 1. The van der Waals surface area contributed by atoms with Crippen molar-refractivity contribution in [3.8, 4) is 11.5 Å². The molecule has 0 bridgehead atoms. The van der Waals surface area contributed by atoms with Crippen LogP contribution in [0.5, 0.6) is 11.5 Å². The first-order valence-electron chi connectivity index (χ1n) is 7.67. The van der Waals surface area contributed by atoms with E-state index in [4.69, 9.17) is 9.47 Å². The minimum absolute atomic E-state index is 0.335. The Morgan fingerprint density at radius 1 is 1.28 bits per heavy atom. The van der Waals surface area contributed by atoms with E-state index < -0.39 is 6.10 Å². The number of hydrogen-bond donors (Lipinski definition) is 1. The average Bonchev–Trinajstić information content (AvgIpc) is 2.62. The summed E-state index contributed by atoms with van der Waals surface area (Å²) in [6.45, 7) is 5.70. The lowest BCUT2D eigenvalue weighted by Crippen LogP contribution is -2.33. The van der Waals surface area contributed by atoms with Crippen LogP contribution in [-0.4, -0.2) is 24.8 Å². The van der Waals surface area contributed by atoms with Crippen LogP contribution in [0.4, 0.5) is 0 Å². The van der Waals surface area contributed by atoms with Crippen molar-refractivity contribution in [2.24, 2.45) is 5.10 Å². The van der Waals surface area contributed by atoms with Crippen molar-refractivity contribution in [1.29, 1.82) is 0 Å². The van der Waals surface area contributed by atoms with Gasteiger partial charge in [0.25, 0.3) is 5.91 Å². The third kappa shape index (κ3) is 6.43. The second kappa shape index (κ2) is 9.64. The van der Waals surface area contributed by atoms with Crippen molar-refractivity contribution >= 4 is 28.1 Å². The summed E-state index contributed by atoms with van der Waals surface area (Å²) in [5.74, 6) is 0.988. The summed E-state index contributed by atoms with van der Waals surface area (Å²) in [7, 11) is 0. The van der Waals surface area contributed by atoms with E-state index in [1.54, 1.807) is 31.3 Å². The van der Waals surface area contributed by atoms with Gasteiger partial charge in [0.1, 0.15) is 18.1 Å². The second-order valence-corrected chi connectivity index (χ2v) is 6.04. The van der Waals surface area contributed by atoms with Gasteiger partial charge in [0.2, 0.25) is 0 Å². The maximum atomic E-state index is 12.0. The minimum Gasteiger partial charge on any atom is -0.490 e. The summed E-state index contributed by atoms with van der Waals surface area (Å²) in [5.41, 5.74) is 3.27. The molecule has 0 radical (unpaired) electrons. The summed E-state index contributed by atoms with van der Waals surface area (Å²) in [6.07, 6.45) is 2.55. The number of amides is 1. The van der Waals surface area contributed by atoms with Crippen molar-refractivity contribution in [2.45, 2.75) is 13.0 Å². The maximum absolute atomic E-state index is 12.0. The Hall–Kier alpha value is -2.60. The van der Waals surface area contributed by atoms with Gasteiger partial charge in [-0.05, 0) is 48.9 Å². The van der Waals surface area contributed by atoms with Gasteiger partial charge in [-0.25, -0.2) is 5.43 Å². The molecule has 0 heterocycles. The number of nitrogens with one attached hydrogen (secondary N) is 1. The lowest BCUT2D eigenvalue weighted by molar-refractivity contribution is -0.127. The smallest absolute Gasteiger partial charge is 0.280 e. The summed E-state index contributed by atoms with van der Waals surface area (Å²) in [6, 6.07) is 14.6. The Balaban J connectivity index is 1.86. The predicted molar refractivity (Wildman–Crippen MR) is 102 cm³/mol. The topological polar surface area (TPSA) is 59.9 Å². The Morgan fingerprint density at radius 2 is 2.04 bits per heavy atom. The van der Waals surface area contributed by atoms with Gasteiger partial charge in [-0.3, -0.25) is 4.79 Å². The molecule has 5 nitrogen and oxygen atoms in total. The normalized spacial score (nSPS) is 11.8. The van der Waals surface area contributed by atoms with Crippen LogP contribution in [-0.2, 0) is 4.79 Å². The summed E-state index contributed by atoms with van der Waals surface area (Å²) >= 11 is 3.35. The van der Waals surface area contributed by atoms with Gasteiger partial charge in [-0.2, -0.15) is 5.10 Å². The molecule has 1 unspecified atom stereocenters. The molecule has 0 aromatic heterocycles. The summed E-state index contributed by atoms with van der Waals surface area (Å²) in [5, 5.41) is 3.95. The molecule has 0 saturated carbocycles. The first kappa shape index (κ1) is 18.7. The number of hydrazone groups is 1. The molecule has 130 valence electrons. The predicted octanol–water partition coefficient (Wildman–Crippen LogP) is 3.93. The fraction of sp³-hybridized carbons (Fsp3) is 0.158. The Morgan fingerprint density at radius 3 is 2.76 bits per heavy atom. The molecule has 0 aliphatic carbocycles. The van der Waals surface area contributed by atoms with E-state index in [0.29, 0.717) is 18.1 Å². The maximum Gasteiger partial charge on any atom is 0.280 e. The number of nitrogens with zero attached hydrogens (tertiary/aromatic N) is 1. The van der Waals surface area contributed by atoms with Crippen LogP contribution in [0.1, 0.15) is 12.5 Å². The molecular formula is C19H19BrN2O3. The lowest BCUT2D eigenvalue weighted by atomic mass is 10.2. The fourth-order valence-corrected chi connectivity index (χ4v) is 2.14. The van der Waals surface area contributed by atoms with Gasteiger partial charge in [-0.15, -0.1) is 0 Å². The Bertz CT molecular complexity index is 745. The van der Waals surface area contributed by atoms with Gasteiger partial charge < -0.3 is 9.47 Å². The van der Waals surface area contributed by atoms with Crippen molar-refractivity contribution in [3.63, 3.8) is 0 Å². The zero-order valence-corrected chi connectivity index (χ0v) is 15.4. The van der Waals surface area contributed by atoms with Crippen molar-refractivity contribution in [2.75, 3.05) is 6.61 Å². The van der Waals surface area contributed by atoms with Gasteiger partial charge in [0.15, 0.2) is 6.10 Å². The van der Waals surface area contributed by atoms with Gasteiger partial charge >= 0.3 is 0 Å². The molecule has 2 aromatic carbocycles. The van der Waals surface area contributed by atoms with Gasteiger partial charge in [0.05, 0.1) is 6.21 Å². The zero-order valence-electron chi connectivity index (χ0n) is 13.8. The highest BCUT2D eigenvalue weighted by Crippen LogP contribution is 2.17. The molecule has 0 saturated heterocycles. The number of benzene rings is 2. The van der Waals surface area contributed by atoms with E-state index in [0.717, 1.165) is 10.0 Å². The van der Waals surface area contributed by atoms with Crippen LogP contribution in [0.3, 0.4) is 0 Å². The SMILES string of the molecule is C=CCOc1cccc(/C=N/NC(=O)C(C)Oc2ccc(Br)cc2)c1. The first-order valence-corrected chi connectivity index (χ1v) is 8.46. The molecule has 25 heavy (non-hydrogen) atoms. The van der Waals surface area contributed by atoms with Crippen LogP contribution in [0.2, 0.25) is 0 Å². The lowest BCUT2D eigenvalue weighted by Gasteiger charge is -2.12. The first-order chi connectivity index (χ1) is 12.1. The highest BCUT2D eigenvalue weighted by Gasteiger charge is 2.13. The van der Waals surface area contributed by atoms with E-state index in [9.17, 15) is 4.79 Å². The molecule has 0 aliphatic heterocycles. The van der Waals surface area contributed by atoms with Crippen LogP contribution in [0.25, 0.3) is 0 Å². The molecular weight excluding hydrogens is 384 g/mol. The van der Waals surface area contributed by atoms with Gasteiger partial charge in [0, 0.05) is 4.47 Å². The van der Waals surface area contributed by atoms with E-state index in [2.05, 4.69) is 33.0 Å². The van der Waals surface area contributed by atoms with Gasteiger partial charge in [-0.1, -0.05) is 40.7 Å². The zero-order chi connectivity index (χ0) is 18.1.